The van der Waals surface area contributed by atoms with Crippen LogP contribution < -0.4 is 10.6 Å². The molecular formula is C12H13N3O6. The number of hydrogen-bond acceptors (Lipinski definition) is 5. The van der Waals surface area contributed by atoms with Crippen molar-refractivity contribution in [2.45, 2.75) is 13.5 Å². The van der Waals surface area contributed by atoms with Crippen LogP contribution >= 0.6 is 0 Å². The summed E-state index contributed by atoms with van der Waals surface area (Å²) in [6.07, 6.45) is 0. The summed E-state index contributed by atoms with van der Waals surface area (Å²) >= 11 is 0. The lowest BCUT2D eigenvalue weighted by Crippen LogP contribution is -2.55. The molecule has 0 unspecified atom stereocenters. The van der Waals surface area contributed by atoms with E-state index in [4.69, 9.17) is 9.52 Å². The lowest BCUT2D eigenvalue weighted by molar-refractivity contribution is -0.134. The van der Waals surface area contributed by atoms with Crippen molar-refractivity contribution in [3.63, 3.8) is 0 Å². The molecule has 1 aliphatic rings. The summed E-state index contributed by atoms with van der Waals surface area (Å²) < 4.78 is 5.20. The minimum atomic E-state index is -1.12. The number of amides is 4. The first-order valence-electron chi connectivity index (χ1n) is 6.05. The minimum Gasteiger partial charge on any atom is -0.478 e. The SMILES string of the molecule is Cc1oc(CNC(=O)N2CC(=O)NC(=O)C2)cc1C(=O)O. The zero-order valence-corrected chi connectivity index (χ0v) is 11.1. The summed E-state index contributed by atoms with van der Waals surface area (Å²) in [5.74, 6) is -1.72. The Bertz CT molecular complexity index is 605. The fourth-order valence-corrected chi connectivity index (χ4v) is 1.90. The van der Waals surface area contributed by atoms with E-state index in [-0.39, 0.29) is 36.7 Å². The van der Waals surface area contributed by atoms with Crippen LogP contribution in [0.15, 0.2) is 10.5 Å². The summed E-state index contributed by atoms with van der Waals surface area (Å²) in [5, 5.41) is 13.4. The number of piperazine rings is 1. The first-order chi connectivity index (χ1) is 9.86. The highest BCUT2D eigenvalue weighted by Gasteiger charge is 2.26. The first kappa shape index (κ1) is 14.6. The summed E-state index contributed by atoms with van der Waals surface area (Å²) in [5.41, 5.74) is 0.0202. The Labute approximate surface area is 118 Å². The van der Waals surface area contributed by atoms with Gasteiger partial charge in [-0.15, -0.1) is 0 Å². The molecule has 1 aromatic rings. The summed E-state index contributed by atoms with van der Waals surface area (Å²) in [4.78, 5) is 46.0. The maximum absolute atomic E-state index is 11.8. The van der Waals surface area contributed by atoms with Gasteiger partial charge >= 0.3 is 12.0 Å². The molecule has 3 N–H and O–H groups in total. The van der Waals surface area contributed by atoms with Gasteiger partial charge in [-0.2, -0.15) is 0 Å². The Hall–Kier alpha value is -2.84. The van der Waals surface area contributed by atoms with Gasteiger partial charge in [0.1, 0.15) is 30.2 Å². The number of hydrogen-bond donors (Lipinski definition) is 3. The smallest absolute Gasteiger partial charge is 0.339 e. The van der Waals surface area contributed by atoms with E-state index in [0.717, 1.165) is 4.90 Å². The van der Waals surface area contributed by atoms with E-state index < -0.39 is 23.8 Å². The second kappa shape index (κ2) is 5.65. The van der Waals surface area contributed by atoms with E-state index in [2.05, 4.69) is 10.6 Å². The number of aromatic carboxylic acids is 1. The van der Waals surface area contributed by atoms with E-state index in [9.17, 15) is 19.2 Å². The van der Waals surface area contributed by atoms with Crippen molar-refractivity contribution >= 4 is 23.8 Å². The Morgan fingerprint density at radius 3 is 2.52 bits per heavy atom. The molecule has 0 spiro atoms. The Morgan fingerprint density at radius 2 is 2.00 bits per heavy atom. The number of nitrogens with one attached hydrogen (secondary N) is 2. The van der Waals surface area contributed by atoms with Crippen LogP contribution in [0.4, 0.5) is 4.79 Å². The molecule has 0 saturated carbocycles. The molecule has 1 fully saturated rings. The number of carboxylic acids is 1. The molecule has 1 aliphatic heterocycles. The van der Waals surface area contributed by atoms with Gasteiger partial charge in [0.05, 0.1) is 6.54 Å². The molecule has 0 aromatic carbocycles. The predicted molar refractivity (Wildman–Crippen MR) is 67.4 cm³/mol. The van der Waals surface area contributed by atoms with Crippen LogP contribution in [0.5, 0.6) is 0 Å². The van der Waals surface area contributed by atoms with Crippen LogP contribution in [-0.4, -0.2) is 46.9 Å². The first-order valence-corrected chi connectivity index (χ1v) is 6.05. The Kier molecular flexibility index (Phi) is 3.92. The van der Waals surface area contributed by atoms with E-state index in [1.807, 2.05) is 0 Å². The number of nitrogens with zero attached hydrogens (tertiary/aromatic N) is 1. The zero-order chi connectivity index (χ0) is 15.6. The van der Waals surface area contributed by atoms with E-state index in [1.54, 1.807) is 0 Å². The highest BCUT2D eigenvalue weighted by molar-refractivity contribution is 6.02. The van der Waals surface area contributed by atoms with Crippen molar-refractivity contribution in [3.05, 3.63) is 23.2 Å². The molecule has 1 saturated heterocycles. The molecule has 0 atom stereocenters. The van der Waals surface area contributed by atoms with Crippen molar-refractivity contribution in [1.82, 2.24) is 15.5 Å². The van der Waals surface area contributed by atoms with Gasteiger partial charge in [-0.05, 0) is 13.0 Å². The van der Waals surface area contributed by atoms with Gasteiger partial charge in [0.2, 0.25) is 11.8 Å². The van der Waals surface area contributed by atoms with E-state index in [1.165, 1.54) is 13.0 Å². The molecule has 0 bridgehead atoms. The molecule has 9 nitrogen and oxygen atoms in total. The largest absolute Gasteiger partial charge is 0.478 e. The molecular weight excluding hydrogens is 282 g/mol. The fraction of sp³-hybridized carbons (Fsp3) is 0.333. The second-order valence-corrected chi connectivity index (χ2v) is 4.47. The molecule has 1 aromatic heterocycles. The number of carbonyl (C=O) groups is 4. The van der Waals surface area contributed by atoms with Gasteiger partial charge < -0.3 is 19.7 Å². The average Bonchev–Trinajstić information content (AvgIpc) is 2.76. The number of urea groups is 1. The van der Waals surface area contributed by atoms with Crippen LogP contribution in [-0.2, 0) is 16.1 Å². The Balaban J connectivity index is 1.95. The minimum absolute atomic E-state index is 0.0202. The van der Waals surface area contributed by atoms with Crippen LogP contribution in [0.3, 0.4) is 0 Å². The third-order valence-electron chi connectivity index (χ3n) is 2.85. The van der Waals surface area contributed by atoms with Crippen LogP contribution in [0.25, 0.3) is 0 Å². The molecule has 2 heterocycles. The maximum atomic E-state index is 11.8. The topological polar surface area (TPSA) is 129 Å². The zero-order valence-electron chi connectivity index (χ0n) is 11.1. The average molecular weight is 295 g/mol. The lowest BCUT2D eigenvalue weighted by atomic mass is 10.2. The number of aryl methyl sites for hydroxylation is 1. The molecule has 4 amide bonds. The van der Waals surface area contributed by atoms with Crippen molar-refractivity contribution in [1.29, 1.82) is 0 Å². The van der Waals surface area contributed by atoms with Crippen molar-refractivity contribution in [2.75, 3.05) is 13.1 Å². The van der Waals surface area contributed by atoms with Crippen molar-refractivity contribution in [3.8, 4) is 0 Å². The number of rotatable bonds is 3. The van der Waals surface area contributed by atoms with Gasteiger partial charge in [-0.1, -0.05) is 0 Å². The summed E-state index contributed by atoms with van der Waals surface area (Å²) in [7, 11) is 0. The predicted octanol–water partition coefficient (Wildman–Crippen LogP) is -0.546. The van der Waals surface area contributed by atoms with Gasteiger partial charge in [0, 0.05) is 0 Å². The van der Waals surface area contributed by atoms with Crippen LogP contribution in [0, 0.1) is 6.92 Å². The molecule has 9 heteroatoms. The third-order valence-corrected chi connectivity index (χ3v) is 2.85. The highest BCUT2D eigenvalue weighted by atomic mass is 16.4. The quantitative estimate of drug-likeness (QED) is 0.642. The molecule has 112 valence electrons. The normalized spacial score (nSPS) is 14.8. The number of carbonyl (C=O) groups excluding carboxylic acids is 3. The van der Waals surface area contributed by atoms with E-state index in [0.29, 0.717) is 0 Å². The highest BCUT2D eigenvalue weighted by Crippen LogP contribution is 2.14. The number of imide groups is 1. The fourth-order valence-electron chi connectivity index (χ4n) is 1.90. The number of carboxylic acid groups (broad SMARTS) is 1. The van der Waals surface area contributed by atoms with Gasteiger partial charge in [-0.3, -0.25) is 14.9 Å². The third kappa shape index (κ3) is 3.38. The molecule has 0 aliphatic carbocycles. The van der Waals surface area contributed by atoms with E-state index >= 15 is 0 Å². The van der Waals surface area contributed by atoms with Crippen molar-refractivity contribution < 1.29 is 28.7 Å². The number of furan rings is 1. The summed E-state index contributed by atoms with van der Waals surface area (Å²) in [6, 6.07) is 0.704. The van der Waals surface area contributed by atoms with Crippen LogP contribution in [0.2, 0.25) is 0 Å². The van der Waals surface area contributed by atoms with Gasteiger partial charge in [-0.25, -0.2) is 9.59 Å². The molecule has 2 rings (SSSR count). The maximum Gasteiger partial charge on any atom is 0.339 e. The second-order valence-electron chi connectivity index (χ2n) is 4.47. The lowest BCUT2D eigenvalue weighted by Gasteiger charge is -2.25. The standard InChI is InChI=1S/C12H13N3O6/c1-6-8(11(18)19)2-7(21-6)3-13-12(20)15-4-9(16)14-10(17)5-15/h2H,3-5H2,1H3,(H,13,20)(H,18,19)(H,14,16,17). The van der Waals surface area contributed by atoms with Gasteiger partial charge in [0.25, 0.3) is 0 Å². The molecule has 0 radical (unpaired) electrons. The molecule has 21 heavy (non-hydrogen) atoms. The summed E-state index contributed by atoms with van der Waals surface area (Å²) in [6.45, 7) is 1.03. The Morgan fingerprint density at radius 1 is 1.38 bits per heavy atom. The van der Waals surface area contributed by atoms with Crippen molar-refractivity contribution in [2.24, 2.45) is 0 Å². The van der Waals surface area contributed by atoms with Crippen LogP contribution in [0.1, 0.15) is 21.9 Å². The van der Waals surface area contributed by atoms with Gasteiger partial charge in [0.15, 0.2) is 0 Å². The monoisotopic (exact) mass is 295 g/mol.